The molecule has 0 saturated carbocycles. The maximum atomic E-state index is 5.25. The average molecular weight is 85.5 g/mol. The monoisotopic (exact) mass is 86.1 g/mol. The lowest BCUT2D eigenvalue weighted by Gasteiger charge is -2.14. The molecule has 0 amide bonds. The average Bonchev–Trinajstić information content (AvgIpc) is 1.61. The van der Waals surface area contributed by atoms with Crippen LogP contribution in [0.15, 0.2) is 0 Å². The molecule has 6 heavy (non-hydrogen) atoms. The summed E-state index contributed by atoms with van der Waals surface area (Å²) in [5, 5.41) is 6.46. The van der Waals surface area contributed by atoms with Gasteiger partial charge in [0.05, 0.1) is 7.55 Å². The molecule has 0 aliphatic rings. The Balaban J connectivity index is 2.34. The Hall–Kier alpha value is 0.0748. The summed E-state index contributed by atoms with van der Waals surface area (Å²) in [5.41, 5.74) is 5.25. The first-order valence-corrected chi connectivity index (χ1v) is 2.08. The lowest BCUT2D eigenvalue weighted by molar-refractivity contribution is 1.43. The molecule has 0 rings (SSSR count). The predicted octanol–water partition coefficient (Wildman–Crippen LogP) is -4.60. The van der Waals surface area contributed by atoms with Crippen LogP contribution in [0.3, 0.4) is 0 Å². The van der Waals surface area contributed by atoms with Crippen LogP contribution in [-0.2, 0) is 0 Å². The van der Waals surface area contributed by atoms with Gasteiger partial charge in [-0.2, -0.15) is 0 Å². The molecule has 38 valence electrons. The fourth-order valence-electron chi connectivity index (χ4n) is 0.144. The minimum atomic E-state index is -0.219. The molecule has 4 N–H and O–H groups in total. The molecule has 0 unspecified atom stereocenters. The summed E-state index contributed by atoms with van der Waals surface area (Å²) in [6.45, 7) is 0. The first kappa shape index (κ1) is 6.07. The van der Waals surface area contributed by atoms with Crippen LogP contribution < -0.4 is 15.9 Å². The molecule has 0 radical (unpaired) electrons. The molecular weight excluding hydrogens is 74.5 g/mol. The van der Waals surface area contributed by atoms with E-state index >= 15 is 0 Å². The lowest BCUT2D eigenvalue weighted by atomic mass is 10.0. The van der Waals surface area contributed by atoms with Gasteiger partial charge in [-0.1, -0.05) is 0 Å². The van der Waals surface area contributed by atoms with Crippen LogP contribution in [0.25, 0.3) is 0 Å². The van der Waals surface area contributed by atoms with Crippen molar-refractivity contribution in [1.82, 2.24) is 10.3 Å². The van der Waals surface area contributed by atoms with Gasteiger partial charge in [-0.25, -0.2) is 0 Å². The molecule has 0 fully saturated rings. The summed E-state index contributed by atoms with van der Waals surface area (Å²) in [7, 11) is 0.292. The van der Waals surface area contributed by atoms with E-state index in [9.17, 15) is 0 Å². The quantitative estimate of drug-likeness (QED) is 0.239. The molecule has 3 nitrogen and oxygen atoms in total. The minimum absolute atomic E-state index is 0.0625. The van der Waals surface area contributed by atoms with Crippen LogP contribution in [0, 0.1) is 0 Å². The maximum Gasteiger partial charge on any atom is 0.0543 e. The van der Waals surface area contributed by atoms with E-state index in [2.05, 4.69) is 10.3 Å². The second-order valence-corrected chi connectivity index (χ2v) is 1.04. The van der Waals surface area contributed by atoms with Gasteiger partial charge >= 0.3 is 0 Å². The summed E-state index contributed by atoms with van der Waals surface area (Å²) in [6, 6.07) is 0. The van der Waals surface area contributed by atoms with E-state index < -0.39 is 0 Å². The van der Waals surface area contributed by atoms with Crippen LogP contribution in [0.4, 0.5) is 0 Å². The Morgan fingerprint density at radius 2 is 2.33 bits per heavy atom. The van der Waals surface area contributed by atoms with Crippen molar-refractivity contribution in [3.63, 3.8) is 0 Å². The smallest absolute Gasteiger partial charge is 0.0543 e. The van der Waals surface area contributed by atoms with E-state index in [0.717, 1.165) is 0 Å². The molecular formula is H11B3N3-3. The van der Waals surface area contributed by atoms with E-state index in [-0.39, 0.29) is 15.1 Å². The van der Waals surface area contributed by atoms with Gasteiger partial charge in [0.15, 0.2) is 0 Å². The van der Waals surface area contributed by atoms with Crippen molar-refractivity contribution in [2.24, 2.45) is 5.64 Å². The molecule has 0 saturated heterocycles. The standard InChI is InChI=1S/B3H11N3/c1-5-3-6-2-4/h5-6H,2-4H2,1H3/q-3. The van der Waals surface area contributed by atoms with Gasteiger partial charge in [-0.05, 0) is 7.98 Å². The molecule has 0 aliphatic carbocycles. The normalized spacial score (nSPS) is 9.00. The fourth-order valence-corrected chi connectivity index (χ4v) is 0.144. The zero-order chi connectivity index (χ0) is 4.83. The van der Waals surface area contributed by atoms with Crippen molar-refractivity contribution in [2.45, 2.75) is 0 Å². The van der Waals surface area contributed by atoms with Gasteiger partial charge in [-0.3, -0.25) is 0 Å². The van der Waals surface area contributed by atoms with Crippen molar-refractivity contribution in [3.05, 3.63) is 0 Å². The third-order valence-corrected chi connectivity index (χ3v) is 0.539. The largest absolute Gasteiger partial charge is 0.670 e. The zero-order valence-corrected chi connectivity index (χ0v) is 3.58. The number of hydrogen-bond donors (Lipinski definition) is 3. The summed E-state index contributed by atoms with van der Waals surface area (Å²) in [6.07, 6.45) is 0. The molecule has 0 heterocycles. The number of nitrogens with two attached hydrogens (primary N) is 1. The number of nitrogens with one attached hydrogen (secondary N) is 2. The zero-order valence-electron chi connectivity index (χ0n) is 3.58. The highest BCUT2D eigenvalue weighted by atomic mass is 14.8. The van der Waals surface area contributed by atoms with E-state index in [0.29, 0.717) is 7.98 Å². The molecule has 0 aliphatic heterocycles. The molecule has 0 aromatic rings. The van der Waals surface area contributed by atoms with Crippen molar-refractivity contribution in [1.29, 1.82) is 0 Å². The second-order valence-electron chi connectivity index (χ2n) is 1.04. The highest BCUT2D eigenvalue weighted by molar-refractivity contribution is 6.51. The molecule has 0 aromatic heterocycles. The van der Waals surface area contributed by atoms with E-state index in [1.807, 2.05) is 0 Å². The third kappa shape index (κ3) is 4.07. The maximum absolute atomic E-state index is 5.25. The van der Waals surface area contributed by atoms with Crippen molar-refractivity contribution < 1.29 is 0 Å². The number of rotatable bonds is 3. The molecule has 0 aromatic carbocycles. The summed E-state index contributed by atoms with van der Waals surface area (Å²) in [4.78, 5) is 0. The summed E-state index contributed by atoms with van der Waals surface area (Å²) in [5.74, 6) is 0. The first-order chi connectivity index (χ1) is 2.91. The van der Waals surface area contributed by atoms with E-state index in [1.165, 1.54) is 0 Å². The highest BCUT2D eigenvalue weighted by Gasteiger charge is 1.53. The Bertz CT molecular complexity index is 18.0. The van der Waals surface area contributed by atoms with Crippen molar-refractivity contribution >= 4 is 23.1 Å². The van der Waals surface area contributed by atoms with Gasteiger partial charge in [-0.15, -0.1) is 0 Å². The van der Waals surface area contributed by atoms with Gasteiger partial charge in [0, 0.05) is 7.55 Å². The van der Waals surface area contributed by atoms with E-state index in [1.54, 1.807) is 0 Å². The summed E-state index contributed by atoms with van der Waals surface area (Å²) >= 11 is 0. The van der Waals surface area contributed by atoms with Crippen LogP contribution in [0.2, 0.25) is 0 Å². The Morgan fingerprint density at radius 1 is 1.67 bits per heavy atom. The van der Waals surface area contributed by atoms with Gasteiger partial charge < -0.3 is 15.9 Å². The van der Waals surface area contributed by atoms with Crippen LogP contribution in [-0.4, -0.2) is 23.1 Å². The van der Waals surface area contributed by atoms with Gasteiger partial charge in [0.1, 0.15) is 0 Å². The minimum Gasteiger partial charge on any atom is -0.670 e. The Kier molecular flexibility index (Phi) is 5.14. The van der Waals surface area contributed by atoms with Crippen molar-refractivity contribution in [2.75, 3.05) is 0 Å². The lowest BCUT2D eigenvalue weighted by Crippen LogP contribution is -2.38. The molecule has 0 atom stereocenters. The topological polar surface area (TPSA) is 50.1 Å². The Morgan fingerprint density at radius 3 is 2.50 bits per heavy atom. The van der Waals surface area contributed by atoms with Crippen LogP contribution in [0.5, 0.6) is 0 Å². The molecule has 6 heteroatoms. The SMILES string of the molecule is [BH3-]N[BH2-]N[BH2-]N. The fraction of sp³-hybridized carbons (Fsp3) is 0. The highest BCUT2D eigenvalue weighted by Crippen LogP contribution is 1.25. The summed E-state index contributed by atoms with van der Waals surface area (Å²) < 4.78 is 0. The van der Waals surface area contributed by atoms with Crippen molar-refractivity contribution in [3.8, 4) is 0 Å². The second kappa shape index (κ2) is 5.07. The van der Waals surface area contributed by atoms with Crippen LogP contribution >= 0.6 is 0 Å². The third-order valence-electron chi connectivity index (χ3n) is 0.539. The molecule has 0 spiro atoms. The first-order valence-electron chi connectivity index (χ1n) is 2.08. The van der Waals surface area contributed by atoms with E-state index in [4.69, 9.17) is 5.64 Å². The molecule has 0 bridgehead atoms. The van der Waals surface area contributed by atoms with Gasteiger partial charge in [0.25, 0.3) is 0 Å². The number of hydrogen-bond acceptors (Lipinski definition) is 3. The predicted molar refractivity (Wildman–Crippen MR) is 37.5 cm³/mol. The van der Waals surface area contributed by atoms with Crippen LogP contribution in [0.1, 0.15) is 0 Å². The van der Waals surface area contributed by atoms with Gasteiger partial charge in [0.2, 0.25) is 0 Å². The Labute approximate surface area is 40.1 Å².